The Kier molecular flexibility index (Phi) is 10.3. The van der Waals surface area contributed by atoms with Gasteiger partial charge in [-0.1, -0.05) is 84.4 Å². The summed E-state index contributed by atoms with van der Waals surface area (Å²) in [6, 6.07) is 59.7. The molecule has 0 spiro atoms. The van der Waals surface area contributed by atoms with Gasteiger partial charge in [0.15, 0.2) is 0 Å². The summed E-state index contributed by atoms with van der Waals surface area (Å²) in [5.41, 5.74) is 17.6. The van der Waals surface area contributed by atoms with E-state index in [9.17, 15) is 0 Å². The second kappa shape index (κ2) is 15.7. The zero-order valence-electron chi connectivity index (χ0n) is 33.5. The molecule has 0 atom stereocenters. The van der Waals surface area contributed by atoms with Gasteiger partial charge in [0, 0.05) is 49.8 Å². The van der Waals surface area contributed by atoms with Crippen molar-refractivity contribution in [3.8, 4) is 28.1 Å². The van der Waals surface area contributed by atoms with Crippen molar-refractivity contribution >= 4 is 56.3 Å². The molecule has 9 aromatic rings. The third-order valence-electron chi connectivity index (χ3n) is 11.4. The minimum absolute atomic E-state index is 0. The van der Waals surface area contributed by atoms with Gasteiger partial charge < -0.3 is 14.4 Å². The molecule has 2 aromatic heterocycles. The van der Waals surface area contributed by atoms with E-state index in [-0.39, 0.29) is 21.1 Å². The van der Waals surface area contributed by atoms with Crippen LogP contribution in [-0.4, -0.2) is 9.55 Å². The van der Waals surface area contributed by atoms with Crippen molar-refractivity contribution in [2.45, 2.75) is 44.4 Å². The normalized spacial score (nSPS) is 12.3. The number of pyridine rings is 1. The average Bonchev–Trinajstić information content (AvgIpc) is 3.78. The molecule has 1 aliphatic heterocycles. The molecule has 0 amide bonds. The predicted molar refractivity (Wildman–Crippen MR) is 243 cm³/mol. The van der Waals surface area contributed by atoms with E-state index < -0.39 is 0 Å². The van der Waals surface area contributed by atoms with E-state index in [2.05, 4.69) is 213 Å². The van der Waals surface area contributed by atoms with Crippen LogP contribution in [0.15, 0.2) is 162 Å². The minimum Gasteiger partial charge on any atom is -0.493 e. The maximum absolute atomic E-state index is 5.03. The molecule has 0 saturated carbocycles. The van der Waals surface area contributed by atoms with Gasteiger partial charge in [-0.15, -0.1) is 57.5 Å². The van der Waals surface area contributed by atoms with Gasteiger partial charge in [-0.2, -0.15) is 24.3 Å². The fourth-order valence-electron chi connectivity index (χ4n) is 8.64. The van der Waals surface area contributed by atoms with Gasteiger partial charge in [0.2, 0.25) is 0 Å². The molecule has 0 N–H and O–H groups in total. The van der Waals surface area contributed by atoms with Crippen LogP contribution in [0, 0.1) is 53.4 Å². The summed E-state index contributed by atoms with van der Waals surface area (Å²) in [5, 5.41) is 2.33. The quantitative estimate of drug-likeness (QED) is 0.149. The summed E-state index contributed by atoms with van der Waals surface area (Å²) in [6.45, 7) is 13.1. The fourth-order valence-corrected chi connectivity index (χ4v) is 9.46. The molecule has 0 bridgehead atoms. The van der Waals surface area contributed by atoms with E-state index in [0.717, 1.165) is 60.3 Å². The Morgan fingerprint density at radius 3 is 1.98 bits per heavy atom. The molecule has 59 heavy (non-hydrogen) atoms. The van der Waals surface area contributed by atoms with Crippen molar-refractivity contribution in [2.75, 3.05) is 9.80 Å². The molecule has 292 valence electrons. The number of fused-ring (bicyclic) bond motifs is 4. The average molecular weight is 961 g/mol. The van der Waals surface area contributed by atoms with Crippen LogP contribution in [0.25, 0.3) is 49.9 Å². The molecule has 10 rings (SSSR count). The smallest absolute Gasteiger partial charge is 0.136 e. The van der Waals surface area contributed by atoms with Gasteiger partial charge in [-0.25, -0.2) is 4.98 Å². The van der Waals surface area contributed by atoms with E-state index in [0.29, 0.717) is 0 Å². The number of rotatable bonds is 7. The number of aromatic nitrogens is 2. The van der Waals surface area contributed by atoms with E-state index in [1.807, 2.05) is 6.20 Å². The molecule has 3 heterocycles. The van der Waals surface area contributed by atoms with Crippen molar-refractivity contribution in [3.05, 3.63) is 198 Å². The number of benzene rings is 7. The number of hydrogen-bond donors (Lipinski definition) is 0. The van der Waals surface area contributed by atoms with Crippen LogP contribution in [0.5, 0.6) is 0 Å². The van der Waals surface area contributed by atoms with Gasteiger partial charge in [0.25, 0.3) is 0 Å². The zero-order chi connectivity index (χ0) is 39.5. The van der Waals surface area contributed by atoms with Gasteiger partial charge in [-0.05, 0) is 126 Å². The molecule has 1 aliphatic rings. The summed E-state index contributed by atoms with van der Waals surface area (Å²) in [4.78, 5) is 11.6. The van der Waals surface area contributed by atoms with Crippen molar-refractivity contribution in [2.24, 2.45) is 0 Å². The Hall–Kier alpha value is -5.87. The van der Waals surface area contributed by atoms with E-state index in [1.54, 1.807) is 11.8 Å². The number of nitrogens with zero attached hydrogens (tertiary/aromatic N) is 4. The Morgan fingerprint density at radius 1 is 0.542 bits per heavy atom. The standard InChI is InChI=1S/C53H41N4S.Pt/c1-34-14-11-15-35(2)52(34)39-24-27-48-50(28-39)55(40-18-7-6-8-19-40)33-56(48)41-20-13-21-42(29-41)58-43-25-26-45-44-22-9-10-23-47(44)57(49(45)30-43)51-31-46(38(5)32-54-51)53-36(3)16-12-17-37(53)4;/h6-28,31-33H,1-5H3;/q-3;. The zero-order valence-corrected chi connectivity index (χ0v) is 36.6. The van der Waals surface area contributed by atoms with Crippen LogP contribution in [-0.2, 0) is 21.1 Å². The fraction of sp³-hybridized carbons (Fsp3) is 0.0943. The summed E-state index contributed by atoms with van der Waals surface area (Å²) < 4.78 is 2.27. The van der Waals surface area contributed by atoms with Crippen LogP contribution in [0.2, 0.25) is 0 Å². The number of anilines is 4. The first-order valence-corrected chi connectivity index (χ1v) is 20.5. The Balaban J connectivity index is 0.00000449. The van der Waals surface area contributed by atoms with Crippen LogP contribution >= 0.6 is 11.8 Å². The van der Waals surface area contributed by atoms with Crippen LogP contribution < -0.4 is 9.80 Å². The first-order valence-electron chi connectivity index (χ1n) is 19.7. The van der Waals surface area contributed by atoms with Gasteiger partial charge in [0.05, 0.1) is 0 Å². The first-order chi connectivity index (χ1) is 28.3. The second-order valence-electron chi connectivity index (χ2n) is 15.2. The third-order valence-corrected chi connectivity index (χ3v) is 12.3. The maximum atomic E-state index is 5.03. The SMILES string of the molecule is Cc1cnc(-n2c3[c-]c(Sc4[c-]c(N5[CH-]N(c6ccccc6)c6cc(-c7c(C)cccc7C)ccc65)ccc4)ccc3c3ccccc32)cc1-c1c(C)cccc1C.[Pt]. The van der Waals surface area contributed by atoms with Gasteiger partial charge in [0.1, 0.15) is 5.82 Å². The monoisotopic (exact) mass is 960 g/mol. The Bertz CT molecular complexity index is 3000. The molecule has 0 saturated heterocycles. The van der Waals surface area contributed by atoms with Crippen LogP contribution in [0.4, 0.5) is 22.7 Å². The molecule has 4 nitrogen and oxygen atoms in total. The van der Waals surface area contributed by atoms with E-state index in [4.69, 9.17) is 4.98 Å². The molecular formula is C53H41N4PtS-3. The number of para-hydroxylation sites is 2. The Labute approximate surface area is 365 Å². The summed E-state index contributed by atoms with van der Waals surface area (Å²) in [6.07, 6.45) is 2.01. The van der Waals surface area contributed by atoms with Crippen molar-refractivity contribution in [1.29, 1.82) is 0 Å². The van der Waals surface area contributed by atoms with E-state index >= 15 is 0 Å². The molecule has 0 aliphatic carbocycles. The molecule has 0 unspecified atom stereocenters. The van der Waals surface area contributed by atoms with E-state index in [1.165, 1.54) is 49.9 Å². The van der Waals surface area contributed by atoms with Crippen LogP contribution in [0.3, 0.4) is 0 Å². The number of aryl methyl sites for hydroxylation is 5. The summed E-state index contributed by atoms with van der Waals surface area (Å²) >= 11 is 1.68. The molecular weight excluding hydrogens is 920 g/mol. The summed E-state index contributed by atoms with van der Waals surface area (Å²) in [7, 11) is 0. The molecule has 7 aromatic carbocycles. The van der Waals surface area contributed by atoms with Crippen molar-refractivity contribution in [3.63, 3.8) is 0 Å². The number of hydrogen-bond acceptors (Lipinski definition) is 4. The van der Waals surface area contributed by atoms with Crippen molar-refractivity contribution < 1.29 is 21.1 Å². The van der Waals surface area contributed by atoms with Gasteiger partial charge in [-0.3, -0.25) is 0 Å². The second-order valence-corrected chi connectivity index (χ2v) is 16.3. The molecule has 6 heteroatoms. The first kappa shape index (κ1) is 38.6. The van der Waals surface area contributed by atoms with Crippen molar-refractivity contribution in [1.82, 2.24) is 9.55 Å². The largest absolute Gasteiger partial charge is 0.493 e. The Morgan fingerprint density at radius 2 is 1.22 bits per heavy atom. The molecule has 0 fully saturated rings. The topological polar surface area (TPSA) is 24.3 Å². The third kappa shape index (κ3) is 6.87. The predicted octanol–water partition coefficient (Wildman–Crippen LogP) is 14.2. The minimum atomic E-state index is 0. The maximum Gasteiger partial charge on any atom is 0.136 e. The van der Waals surface area contributed by atoms with Crippen LogP contribution in [0.1, 0.15) is 27.8 Å². The van der Waals surface area contributed by atoms with Gasteiger partial charge >= 0.3 is 0 Å². The summed E-state index contributed by atoms with van der Waals surface area (Å²) in [5.74, 6) is 0.883. The molecule has 0 radical (unpaired) electrons.